The van der Waals surface area contributed by atoms with Gasteiger partial charge in [0.1, 0.15) is 0 Å². The minimum Gasteiger partial charge on any atom is -0.465 e. The van der Waals surface area contributed by atoms with Crippen LogP contribution < -0.4 is 11.2 Å². The quantitative estimate of drug-likeness (QED) is 0.459. The monoisotopic (exact) mass is 435 g/mol. The van der Waals surface area contributed by atoms with Crippen molar-refractivity contribution in [3.05, 3.63) is 103 Å². The van der Waals surface area contributed by atoms with E-state index in [2.05, 4.69) is 4.98 Å². The molecule has 4 rings (SSSR count). The number of rotatable bonds is 4. The summed E-state index contributed by atoms with van der Waals surface area (Å²) in [6.07, 6.45) is 0. The van der Waals surface area contributed by atoms with Gasteiger partial charge in [0.2, 0.25) is 0 Å². The fourth-order valence-corrected chi connectivity index (χ4v) is 3.68. The molecule has 0 spiro atoms. The molecule has 7 nitrogen and oxygen atoms in total. The van der Waals surface area contributed by atoms with E-state index < -0.39 is 17.2 Å². The molecule has 0 saturated carbocycles. The van der Waals surface area contributed by atoms with Crippen LogP contribution in [0.1, 0.15) is 21.6 Å². The maximum absolute atomic E-state index is 13.5. The van der Waals surface area contributed by atoms with Crippen LogP contribution in [0.3, 0.4) is 0 Å². The first kappa shape index (κ1) is 20.6. The molecule has 0 aliphatic carbocycles. The van der Waals surface area contributed by atoms with E-state index >= 15 is 0 Å². The molecule has 0 radical (unpaired) electrons. The zero-order valence-electron chi connectivity index (χ0n) is 16.8. The summed E-state index contributed by atoms with van der Waals surface area (Å²) in [5.41, 5.74) is 0.503. The minimum absolute atomic E-state index is 0.00737. The van der Waals surface area contributed by atoms with Crippen LogP contribution >= 0.6 is 11.6 Å². The lowest BCUT2D eigenvalue weighted by molar-refractivity contribution is 0.0602. The minimum atomic E-state index is -0.685. The third-order valence-electron chi connectivity index (χ3n) is 4.93. The average Bonchev–Trinajstić information content (AvgIpc) is 2.77. The summed E-state index contributed by atoms with van der Waals surface area (Å²) in [4.78, 5) is 43.9. The molecule has 4 aromatic rings. The Morgan fingerprint density at radius 3 is 2.42 bits per heavy atom. The van der Waals surface area contributed by atoms with Gasteiger partial charge in [-0.1, -0.05) is 48.0 Å². The van der Waals surface area contributed by atoms with Crippen molar-refractivity contribution < 1.29 is 9.53 Å². The lowest BCUT2D eigenvalue weighted by atomic mass is 10.1. The summed E-state index contributed by atoms with van der Waals surface area (Å²) >= 11 is 6.27. The van der Waals surface area contributed by atoms with E-state index in [1.807, 2.05) is 6.07 Å². The van der Waals surface area contributed by atoms with Gasteiger partial charge < -0.3 is 4.74 Å². The van der Waals surface area contributed by atoms with Crippen molar-refractivity contribution in [2.45, 2.75) is 13.5 Å². The van der Waals surface area contributed by atoms with Crippen LogP contribution in [0.5, 0.6) is 0 Å². The fraction of sp³-hybridized carbons (Fsp3) is 0.130. The second kappa shape index (κ2) is 8.20. The van der Waals surface area contributed by atoms with Crippen LogP contribution in [-0.2, 0) is 11.3 Å². The number of para-hydroxylation sites is 1. The molecule has 0 atom stereocenters. The number of esters is 1. The van der Waals surface area contributed by atoms with Gasteiger partial charge in [-0.15, -0.1) is 0 Å². The number of carbonyl (C=O) groups is 1. The number of benzene rings is 2. The summed E-state index contributed by atoms with van der Waals surface area (Å²) in [7, 11) is 1.24. The number of hydrogen-bond donors (Lipinski definition) is 0. The third kappa shape index (κ3) is 3.64. The van der Waals surface area contributed by atoms with Gasteiger partial charge in [-0.05, 0) is 36.8 Å². The molecular weight excluding hydrogens is 418 g/mol. The Morgan fingerprint density at radius 1 is 1.06 bits per heavy atom. The number of ether oxygens (including phenoxy) is 1. The highest BCUT2D eigenvalue weighted by atomic mass is 35.5. The molecule has 0 fully saturated rings. The van der Waals surface area contributed by atoms with Crippen molar-refractivity contribution in [3.63, 3.8) is 0 Å². The predicted molar refractivity (Wildman–Crippen MR) is 118 cm³/mol. The highest BCUT2D eigenvalue weighted by Crippen LogP contribution is 2.20. The maximum Gasteiger partial charge on any atom is 0.338 e. The van der Waals surface area contributed by atoms with Crippen LogP contribution in [0, 0.1) is 6.92 Å². The van der Waals surface area contributed by atoms with Gasteiger partial charge in [0.15, 0.2) is 5.65 Å². The molecule has 0 N–H and O–H groups in total. The Hall–Kier alpha value is -3.71. The molecule has 31 heavy (non-hydrogen) atoms. The Labute approximate surface area is 182 Å². The van der Waals surface area contributed by atoms with E-state index in [9.17, 15) is 14.4 Å². The van der Waals surface area contributed by atoms with Crippen LogP contribution in [0.4, 0.5) is 0 Å². The van der Waals surface area contributed by atoms with Crippen molar-refractivity contribution in [1.29, 1.82) is 0 Å². The van der Waals surface area contributed by atoms with Crippen molar-refractivity contribution >= 4 is 28.6 Å². The number of fused-ring (bicyclic) bond motifs is 1. The van der Waals surface area contributed by atoms with Gasteiger partial charge in [-0.3, -0.25) is 9.36 Å². The SMILES string of the molecule is COC(=O)c1cc(C)nc2c1c(=O)n(Cc1ccccc1Cl)c(=O)n2-c1ccccc1. The number of pyridine rings is 1. The van der Waals surface area contributed by atoms with Gasteiger partial charge in [0.05, 0.1) is 30.3 Å². The molecule has 156 valence electrons. The Morgan fingerprint density at radius 2 is 1.74 bits per heavy atom. The predicted octanol–water partition coefficient (Wildman–Crippen LogP) is 3.34. The summed E-state index contributed by atoms with van der Waals surface area (Å²) in [5, 5.41) is 0.434. The summed E-state index contributed by atoms with van der Waals surface area (Å²) in [5.74, 6) is -0.685. The number of carbonyl (C=O) groups excluding carboxylic acids is 1. The van der Waals surface area contributed by atoms with Crippen LogP contribution in [0.2, 0.25) is 5.02 Å². The molecule has 0 bridgehead atoms. The molecule has 2 aromatic heterocycles. The third-order valence-corrected chi connectivity index (χ3v) is 5.30. The molecule has 0 saturated heterocycles. The Balaban J connectivity index is 2.16. The normalized spacial score (nSPS) is 10.9. The zero-order chi connectivity index (χ0) is 22.1. The fourth-order valence-electron chi connectivity index (χ4n) is 3.48. The maximum atomic E-state index is 13.5. The van der Waals surface area contributed by atoms with Gasteiger partial charge in [0, 0.05) is 10.7 Å². The highest BCUT2D eigenvalue weighted by molar-refractivity contribution is 6.31. The van der Waals surface area contributed by atoms with E-state index in [1.54, 1.807) is 55.5 Å². The van der Waals surface area contributed by atoms with Gasteiger partial charge in [-0.25, -0.2) is 19.1 Å². The molecule has 0 aliphatic heterocycles. The van der Waals surface area contributed by atoms with E-state index in [4.69, 9.17) is 16.3 Å². The number of methoxy groups -OCH3 is 1. The van der Waals surface area contributed by atoms with E-state index in [1.165, 1.54) is 17.7 Å². The van der Waals surface area contributed by atoms with Gasteiger partial charge in [0.25, 0.3) is 5.56 Å². The molecule has 0 amide bonds. The Bertz CT molecular complexity index is 1420. The van der Waals surface area contributed by atoms with E-state index in [0.717, 1.165) is 4.57 Å². The molecule has 2 heterocycles. The summed E-state index contributed by atoms with van der Waals surface area (Å²) < 4.78 is 7.27. The lowest BCUT2D eigenvalue weighted by Gasteiger charge is -2.16. The van der Waals surface area contributed by atoms with Gasteiger partial charge >= 0.3 is 11.7 Å². The van der Waals surface area contributed by atoms with Crippen LogP contribution in [0.15, 0.2) is 70.3 Å². The topological polar surface area (TPSA) is 83.2 Å². The number of halogens is 1. The van der Waals surface area contributed by atoms with Crippen molar-refractivity contribution in [3.8, 4) is 5.69 Å². The first-order chi connectivity index (χ1) is 14.9. The largest absolute Gasteiger partial charge is 0.465 e. The Kier molecular flexibility index (Phi) is 5.44. The second-order valence-corrected chi connectivity index (χ2v) is 7.34. The number of aryl methyl sites for hydroxylation is 1. The zero-order valence-corrected chi connectivity index (χ0v) is 17.6. The number of aromatic nitrogens is 3. The van der Waals surface area contributed by atoms with E-state index in [0.29, 0.717) is 22.0 Å². The average molecular weight is 436 g/mol. The van der Waals surface area contributed by atoms with Crippen LogP contribution in [0.25, 0.3) is 16.7 Å². The second-order valence-electron chi connectivity index (χ2n) is 6.94. The van der Waals surface area contributed by atoms with Crippen LogP contribution in [-0.4, -0.2) is 27.2 Å². The first-order valence-electron chi connectivity index (χ1n) is 9.46. The number of nitrogens with zero attached hydrogens (tertiary/aromatic N) is 3. The molecular formula is C23H18ClN3O4. The summed E-state index contributed by atoms with van der Waals surface area (Å²) in [6.45, 7) is 1.62. The molecule has 8 heteroatoms. The van der Waals surface area contributed by atoms with E-state index in [-0.39, 0.29) is 23.1 Å². The lowest BCUT2D eigenvalue weighted by Crippen LogP contribution is -2.40. The van der Waals surface area contributed by atoms with Crippen molar-refractivity contribution in [2.24, 2.45) is 0 Å². The van der Waals surface area contributed by atoms with Gasteiger partial charge in [-0.2, -0.15) is 0 Å². The summed E-state index contributed by atoms with van der Waals surface area (Å²) in [6, 6.07) is 17.3. The van der Waals surface area contributed by atoms with Crippen molar-refractivity contribution in [2.75, 3.05) is 7.11 Å². The first-order valence-corrected chi connectivity index (χ1v) is 9.84. The highest BCUT2D eigenvalue weighted by Gasteiger charge is 2.23. The molecule has 0 aliphatic rings. The smallest absolute Gasteiger partial charge is 0.338 e. The standard InChI is InChI=1S/C23H18ClN3O4/c1-14-12-17(22(29)31-2)19-20(25-14)27(16-9-4-3-5-10-16)23(30)26(21(19)28)13-15-8-6-7-11-18(15)24/h3-12H,13H2,1-2H3. The molecule has 0 unspecified atom stereocenters. The number of hydrogen-bond acceptors (Lipinski definition) is 5. The van der Waals surface area contributed by atoms with Crippen molar-refractivity contribution in [1.82, 2.24) is 14.1 Å². The molecule has 2 aromatic carbocycles.